The molecule has 0 aromatic carbocycles. The number of aliphatic hydroxyl groups excluding tert-OH is 4. The molecule has 4 aliphatic rings. The van der Waals surface area contributed by atoms with Crippen molar-refractivity contribution in [2.24, 2.45) is 22.7 Å². The van der Waals surface area contributed by atoms with Gasteiger partial charge in [0.05, 0.1) is 25.2 Å². The molecule has 172 valence electrons. The lowest BCUT2D eigenvalue weighted by Crippen LogP contribution is -2.64. The maximum atomic E-state index is 12.3. The van der Waals surface area contributed by atoms with E-state index in [1.807, 2.05) is 13.8 Å². The first-order chi connectivity index (χ1) is 14.0. The monoisotopic (exact) mass is 430 g/mol. The molecule has 4 rings (SSSR count). The van der Waals surface area contributed by atoms with Crippen molar-refractivity contribution in [3.63, 3.8) is 0 Å². The predicted molar refractivity (Wildman–Crippen MR) is 102 cm³/mol. The molecule has 0 amide bonds. The van der Waals surface area contributed by atoms with Crippen molar-refractivity contribution in [1.29, 1.82) is 0 Å². The van der Waals surface area contributed by atoms with E-state index >= 15 is 0 Å². The van der Waals surface area contributed by atoms with Crippen LogP contribution in [0.4, 0.5) is 0 Å². The van der Waals surface area contributed by atoms with E-state index in [4.69, 9.17) is 14.2 Å². The molecule has 2 saturated carbocycles. The third-order valence-corrected chi connectivity index (χ3v) is 8.77. The van der Waals surface area contributed by atoms with E-state index in [0.29, 0.717) is 12.8 Å². The summed E-state index contributed by atoms with van der Waals surface area (Å²) in [5.74, 6) is -0.329. The average Bonchev–Trinajstić information content (AvgIpc) is 2.94. The topological polar surface area (TPSA) is 146 Å². The van der Waals surface area contributed by atoms with E-state index in [9.17, 15) is 30.3 Å². The molecule has 2 heterocycles. The third-order valence-electron chi connectivity index (χ3n) is 8.77. The molecule has 0 radical (unpaired) electrons. The quantitative estimate of drug-likeness (QED) is 0.366. The summed E-state index contributed by atoms with van der Waals surface area (Å²) in [4.78, 5) is 12.3. The summed E-state index contributed by atoms with van der Waals surface area (Å²) in [7, 11) is 0. The number of rotatable bonds is 4. The lowest BCUT2D eigenvalue weighted by atomic mass is 9.48. The second-order valence-corrected chi connectivity index (χ2v) is 10.2. The number of esters is 1. The molecule has 2 aliphatic heterocycles. The fourth-order valence-electron chi connectivity index (χ4n) is 6.62. The van der Waals surface area contributed by atoms with E-state index in [1.54, 1.807) is 6.92 Å². The second kappa shape index (κ2) is 7.37. The molecule has 11 atom stereocenters. The molecule has 9 nitrogen and oxygen atoms in total. The zero-order valence-corrected chi connectivity index (χ0v) is 17.7. The number of hydrogen-bond donors (Lipinski definition) is 5. The Balaban J connectivity index is 1.58. The van der Waals surface area contributed by atoms with Gasteiger partial charge in [-0.3, -0.25) is 4.79 Å². The van der Waals surface area contributed by atoms with Crippen molar-refractivity contribution in [1.82, 2.24) is 0 Å². The van der Waals surface area contributed by atoms with Crippen LogP contribution in [0.3, 0.4) is 0 Å². The minimum atomic E-state index is -1.50. The minimum absolute atomic E-state index is 0.00369. The van der Waals surface area contributed by atoms with Crippen molar-refractivity contribution in [3.8, 4) is 0 Å². The summed E-state index contributed by atoms with van der Waals surface area (Å²) < 4.78 is 17.1. The molecular weight excluding hydrogens is 396 g/mol. The summed E-state index contributed by atoms with van der Waals surface area (Å²) in [5.41, 5.74) is -2.06. The highest BCUT2D eigenvalue weighted by Crippen LogP contribution is 2.68. The Morgan fingerprint density at radius 3 is 2.53 bits per heavy atom. The molecule has 4 fully saturated rings. The number of aliphatic hydroxyl groups is 5. The number of fused-ring (bicyclic) bond motifs is 1. The summed E-state index contributed by atoms with van der Waals surface area (Å²) >= 11 is 0. The van der Waals surface area contributed by atoms with Crippen molar-refractivity contribution < 1.29 is 44.5 Å². The first-order valence-corrected chi connectivity index (χ1v) is 10.8. The Bertz CT molecular complexity index is 681. The van der Waals surface area contributed by atoms with E-state index in [-0.39, 0.29) is 36.9 Å². The van der Waals surface area contributed by atoms with Crippen LogP contribution in [0.5, 0.6) is 0 Å². The molecule has 9 heteroatoms. The lowest BCUT2D eigenvalue weighted by Gasteiger charge is -2.61. The van der Waals surface area contributed by atoms with Gasteiger partial charge < -0.3 is 39.7 Å². The van der Waals surface area contributed by atoms with Gasteiger partial charge in [0, 0.05) is 16.7 Å². The zero-order chi connectivity index (χ0) is 22.1. The Kier molecular flexibility index (Phi) is 5.50. The molecule has 0 aromatic rings. The average molecular weight is 430 g/mol. The van der Waals surface area contributed by atoms with E-state index in [1.165, 1.54) is 0 Å². The van der Waals surface area contributed by atoms with Crippen molar-refractivity contribution in [2.75, 3.05) is 13.2 Å². The molecule has 2 aliphatic carbocycles. The molecule has 30 heavy (non-hydrogen) atoms. The van der Waals surface area contributed by atoms with Crippen LogP contribution in [0, 0.1) is 22.7 Å². The standard InChI is InChI=1S/C21H34O9/c1-10-11-6-21(7-14(23)29-11)13(4-5-20(21,3)27)19(10,2)9-28-18-17(26)16(25)15(24)12(8-22)30-18/h10-13,15-18,22,24-27H,4-9H2,1-3H3/t10-,11-,12-,13+,15-,16+,17-,18-,19-,20+,21+/m1/s1. The summed E-state index contributed by atoms with van der Waals surface area (Å²) in [6, 6.07) is 0. The number of carbonyl (C=O) groups is 1. The van der Waals surface area contributed by atoms with Gasteiger partial charge in [0.2, 0.25) is 0 Å². The van der Waals surface area contributed by atoms with Gasteiger partial charge in [0.25, 0.3) is 0 Å². The van der Waals surface area contributed by atoms with Gasteiger partial charge in [0.15, 0.2) is 6.29 Å². The van der Waals surface area contributed by atoms with Gasteiger partial charge in [-0.05, 0) is 32.1 Å². The highest BCUT2D eigenvalue weighted by atomic mass is 16.7. The van der Waals surface area contributed by atoms with Crippen LogP contribution in [0.2, 0.25) is 0 Å². The molecule has 2 bridgehead atoms. The van der Waals surface area contributed by atoms with Crippen LogP contribution in [0.1, 0.15) is 46.5 Å². The Hall–Kier alpha value is -0.810. The van der Waals surface area contributed by atoms with Gasteiger partial charge in [-0.1, -0.05) is 13.8 Å². The summed E-state index contributed by atoms with van der Waals surface area (Å²) in [5, 5.41) is 50.9. The van der Waals surface area contributed by atoms with Gasteiger partial charge in [-0.15, -0.1) is 0 Å². The molecule has 0 unspecified atom stereocenters. The van der Waals surface area contributed by atoms with Crippen molar-refractivity contribution in [3.05, 3.63) is 0 Å². The Morgan fingerprint density at radius 2 is 1.87 bits per heavy atom. The van der Waals surface area contributed by atoms with E-state index in [0.717, 1.165) is 6.42 Å². The van der Waals surface area contributed by atoms with Gasteiger partial charge in [0.1, 0.15) is 30.5 Å². The van der Waals surface area contributed by atoms with Gasteiger partial charge in [-0.25, -0.2) is 0 Å². The molecule has 5 N–H and O–H groups in total. The van der Waals surface area contributed by atoms with Crippen LogP contribution < -0.4 is 0 Å². The molecule has 0 aromatic heterocycles. The minimum Gasteiger partial charge on any atom is -0.462 e. The van der Waals surface area contributed by atoms with Gasteiger partial charge >= 0.3 is 5.97 Å². The zero-order valence-electron chi connectivity index (χ0n) is 17.7. The Labute approximate surface area is 175 Å². The predicted octanol–water partition coefficient (Wildman–Crippen LogP) is -0.688. The summed E-state index contributed by atoms with van der Waals surface area (Å²) in [6.07, 6.45) is -4.89. The van der Waals surface area contributed by atoms with Crippen LogP contribution in [0.15, 0.2) is 0 Å². The van der Waals surface area contributed by atoms with Crippen LogP contribution in [-0.4, -0.2) is 87.1 Å². The third kappa shape index (κ3) is 3.05. The van der Waals surface area contributed by atoms with Crippen molar-refractivity contribution in [2.45, 2.75) is 88.9 Å². The van der Waals surface area contributed by atoms with E-state index < -0.39 is 53.7 Å². The largest absolute Gasteiger partial charge is 0.462 e. The maximum absolute atomic E-state index is 12.3. The first kappa shape index (κ1) is 22.4. The lowest BCUT2D eigenvalue weighted by molar-refractivity contribution is -0.314. The fraction of sp³-hybridized carbons (Fsp3) is 0.952. The normalized spacial score (nSPS) is 55.8. The number of ether oxygens (including phenoxy) is 3. The van der Waals surface area contributed by atoms with Crippen molar-refractivity contribution >= 4 is 5.97 Å². The Morgan fingerprint density at radius 1 is 1.17 bits per heavy atom. The second-order valence-electron chi connectivity index (χ2n) is 10.2. The van der Waals surface area contributed by atoms with Crippen LogP contribution in [0.25, 0.3) is 0 Å². The fourth-order valence-corrected chi connectivity index (χ4v) is 6.62. The van der Waals surface area contributed by atoms with E-state index in [2.05, 4.69) is 0 Å². The SMILES string of the molecule is C[C@@H]1[C@H]2C[C@]3(CC(=O)O2)[C@@H](CC[C@]3(C)O)[C@]1(C)CO[C@@H]1O[C@H](CO)[C@@H](O)[C@H](O)[C@H]1O. The highest BCUT2D eigenvalue weighted by Gasteiger charge is 2.70. The highest BCUT2D eigenvalue weighted by molar-refractivity contribution is 5.72. The molecule has 1 spiro atoms. The van der Waals surface area contributed by atoms with Crippen LogP contribution >= 0.6 is 0 Å². The van der Waals surface area contributed by atoms with Crippen LogP contribution in [-0.2, 0) is 19.0 Å². The first-order valence-electron chi connectivity index (χ1n) is 10.8. The smallest absolute Gasteiger partial charge is 0.306 e. The summed E-state index contributed by atoms with van der Waals surface area (Å²) in [6.45, 7) is 5.49. The maximum Gasteiger partial charge on any atom is 0.306 e. The molecular formula is C21H34O9. The number of carbonyl (C=O) groups excluding carboxylic acids is 1. The number of hydrogen-bond acceptors (Lipinski definition) is 9. The van der Waals surface area contributed by atoms with Gasteiger partial charge in [-0.2, -0.15) is 0 Å². The molecule has 2 saturated heterocycles.